The average molecular weight is 306 g/mol. The van der Waals surface area contributed by atoms with E-state index in [-0.39, 0.29) is 6.04 Å². The number of halogens is 1. The summed E-state index contributed by atoms with van der Waals surface area (Å²) >= 11 is 6.27. The second kappa shape index (κ2) is 7.34. The summed E-state index contributed by atoms with van der Waals surface area (Å²) in [4.78, 5) is 0. The predicted octanol–water partition coefficient (Wildman–Crippen LogP) is 4.42. The van der Waals surface area contributed by atoms with Crippen molar-refractivity contribution in [3.63, 3.8) is 0 Å². The van der Waals surface area contributed by atoms with Crippen molar-refractivity contribution in [2.24, 2.45) is 5.73 Å². The van der Waals surface area contributed by atoms with E-state index in [1.165, 1.54) is 0 Å². The van der Waals surface area contributed by atoms with E-state index in [1.807, 2.05) is 56.3 Å². The molecule has 21 heavy (non-hydrogen) atoms. The molecule has 0 fully saturated rings. The van der Waals surface area contributed by atoms with Gasteiger partial charge in [-0.15, -0.1) is 0 Å². The van der Waals surface area contributed by atoms with Crippen molar-refractivity contribution < 1.29 is 9.47 Å². The van der Waals surface area contributed by atoms with Gasteiger partial charge in [0.15, 0.2) is 0 Å². The topological polar surface area (TPSA) is 44.5 Å². The maximum absolute atomic E-state index is 6.27. The molecule has 0 saturated heterocycles. The first-order chi connectivity index (χ1) is 10.1. The quantitative estimate of drug-likeness (QED) is 0.859. The van der Waals surface area contributed by atoms with E-state index in [4.69, 9.17) is 26.8 Å². The first-order valence-electron chi connectivity index (χ1n) is 7.04. The van der Waals surface area contributed by atoms with Crippen LogP contribution in [0.5, 0.6) is 17.2 Å². The van der Waals surface area contributed by atoms with Gasteiger partial charge in [-0.1, -0.05) is 29.8 Å². The Morgan fingerprint density at radius 3 is 2.57 bits per heavy atom. The van der Waals surface area contributed by atoms with E-state index < -0.39 is 0 Å². The molecule has 112 valence electrons. The van der Waals surface area contributed by atoms with Crippen LogP contribution in [0.2, 0.25) is 5.02 Å². The van der Waals surface area contributed by atoms with Crippen molar-refractivity contribution in [2.45, 2.75) is 26.3 Å². The highest BCUT2D eigenvalue weighted by Crippen LogP contribution is 2.34. The molecule has 0 amide bonds. The van der Waals surface area contributed by atoms with Crippen LogP contribution >= 0.6 is 11.6 Å². The fraction of sp³-hybridized carbons (Fsp3) is 0.294. The zero-order chi connectivity index (χ0) is 15.2. The molecule has 1 unspecified atom stereocenters. The summed E-state index contributed by atoms with van der Waals surface area (Å²) in [5.74, 6) is 2.13. The van der Waals surface area contributed by atoms with Crippen molar-refractivity contribution >= 4 is 11.6 Å². The minimum Gasteiger partial charge on any atom is -0.494 e. The van der Waals surface area contributed by atoms with Crippen molar-refractivity contribution in [3.8, 4) is 17.2 Å². The van der Waals surface area contributed by atoms with Gasteiger partial charge in [0.25, 0.3) is 0 Å². The number of hydrogen-bond donors (Lipinski definition) is 1. The normalized spacial score (nSPS) is 12.0. The summed E-state index contributed by atoms with van der Waals surface area (Å²) in [5, 5.41) is 0.579. The van der Waals surface area contributed by atoms with Gasteiger partial charge in [0.1, 0.15) is 17.2 Å². The Bertz CT molecular complexity index is 599. The third-order valence-corrected chi connectivity index (χ3v) is 3.22. The molecule has 2 aromatic rings. The SMILES string of the molecule is CCOc1cccc(Oc2c(Cl)cccc2CC(C)N)c1. The number of hydrogen-bond acceptors (Lipinski definition) is 3. The predicted molar refractivity (Wildman–Crippen MR) is 86.5 cm³/mol. The zero-order valence-corrected chi connectivity index (χ0v) is 13.1. The molecule has 0 aromatic heterocycles. The van der Waals surface area contributed by atoms with Crippen LogP contribution < -0.4 is 15.2 Å². The lowest BCUT2D eigenvalue weighted by molar-refractivity contribution is 0.338. The molecule has 2 rings (SSSR count). The fourth-order valence-corrected chi connectivity index (χ4v) is 2.32. The Labute approximate surface area is 130 Å². The third-order valence-electron chi connectivity index (χ3n) is 2.93. The Kier molecular flexibility index (Phi) is 5.48. The number of rotatable bonds is 6. The van der Waals surface area contributed by atoms with E-state index in [0.717, 1.165) is 11.3 Å². The van der Waals surface area contributed by atoms with E-state index in [9.17, 15) is 0 Å². The van der Waals surface area contributed by atoms with Gasteiger partial charge in [0, 0.05) is 12.1 Å². The molecule has 0 saturated carbocycles. The summed E-state index contributed by atoms with van der Waals surface area (Å²) in [6, 6.07) is 13.3. The summed E-state index contributed by atoms with van der Waals surface area (Å²) < 4.78 is 11.4. The van der Waals surface area contributed by atoms with Gasteiger partial charge in [0.05, 0.1) is 11.6 Å². The van der Waals surface area contributed by atoms with Gasteiger partial charge in [-0.3, -0.25) is 0 Å². The van der Waals surface area contributed by atoms with Gasteiger partial charge in [0.2, 0.25) is 0 Å². The van der Waals surface area contributed by atoms with E-state index in [2.05, 4.69) is 0 Å². The molecule has 2 aromatic carbocycles. The summed E-state index contributed by atoms with van der Waals surface area (Å²) in [5.41, 5.74) is 6.88. The lowest BCUT2D eigenvalue weighted by Gasteiger charge is -2.15. The van der Waals surface area contributed by atoms with Gasteiger partial charge < -0.3 is 15.2 Å². The fourth-order valence-electron chi connectivity index (χ4n) is 2.09. The average Bonchev–Trinajstić information content (AvgIpc) is 2.43. The molecule has 0 aliphatic carbocycles. The summed E-state index contributed by atoms with van der Waals surface area (Å²) in [7, 11) is 0. The first-order valence-corrected chi connectivity index (χ1v) is 7.41. The molecule has 0 aliphatic heterocycles. The smallest absolute Gasteiger partial charge is 0.149 e. The van der Waals surface area contributed by atoms with Crippen LogP contribution in [0, 0.1) is 0 Å². The first kappa shape index (κ1) is 15.7. The van der Waals surface area contributed by atoms with Crippen LogP contribution in [0.25, 0.3) is 0 Å². The Morgan fingerprint density at radius 1 is 1.14 bits per heavy atom. The molecule has 0 aliphatic rings. The second-order valence-corrected chi connectivity index (χ2v) is 5.33. The molecule has 1 atom stereocenters. The van der Waals surface area contributed by atoms with Gasteiger partial charge in [-0.25, -0.2) is 0 Å². The van der Waals surface area contributed by atoms with Crippen LogP contribution in [0.1, 0.15) is 19.4 Å². The largest absolute Gasteiger partial charge is 0.494 e. The second-order valence-electron chi connectivity index (χ2n) is 4.92. The van der Waals surface area contributed by atoms with Gasteiger partial charge in [-0.05, 0) is 44.0 Å². The standard InChI is InChI=1S/C17H20ClNO2/c1-3-20-14-7-5-8-15(11-14)21-17-13(10-12(2)19)6-4-9-16(17)18/h4-9,11-12H,3,10,19H2,1-2H3. The van der Waals surface area contributed by atoms with E-state index in [0.29, 0.717) is 29.5 Å². The van der Waals surface area contributed by atoms with Gasteiger partial charge >= 0.3 is 0 Å². The highest BCUT2D eigenvalue weighted by molar-refractivity contribution is 6.32. The van der Waals surface area contributed by atoms with Crippen LogP contribution in [-0.2, 0) is 6.42 Å². The number of benzene rings is 2. The van der Waals surface area contributed by atoms with Gasteiger partial charge in [-0.2, -0.15) is 0 Å². The maximum Gasteiger partial charge on any atom is 0.149 e. The Hall–Kier alpha value is -1.71. The molecule has 4 heteroatoms. The molecule has 3 nitrogen and oxygen atoms in total. The Morgan fingerprint density at radius 2 is 1.86 bits per heavy atom. The number of para-hydroxylation sites is 1. The van der Waals surface area contributed by atoms with Crippen molar-refractivity contribution in [1.29, 1.82) is 0 Å². The minimum absolute atomic E-state index is 0.0422. The van der Waals surface area contributed by atoms with Crippen LogP contribution in [0.4, 0.5) is 0 Å². The van der Waals surface area contributed by atoms with Crippen LogP contribution in [0.3, 0.4) is 0 Å². The monoisotopic (exact) mass is 305 g/mol. The molecule has 0 spiro atoms. The van der Waals surface area contributed by atoms with Crippen LogP contribution in [-0.4, -0.2) is 12.6 Å². The number of ether oxygens (including phenoxy) is 2. The molecule has 0 radical (unpaired) electrons. The molecule has 0 bridgehead atoms. The van der Waals surface area contributed by atoms with Crippen LogP contribution in [0.15, 0.2) is 42.5 Å². The molecule has 0 heterocycles. The highest BCUT2D eigenvalue weighted by atomic mass is 35.5. The lowest BCUT2D eigenvalue weighted by Crippen LogP contribution is -2.18. The Balaban J connectivity index is 2.28. The van der Waals surface area contributed by atoms with E-state index >= 15 is 0 Å². The maximum atomic E-state index is 6.27. The van der Waals surface area contributed by atoms with Crippen molar-refractivity contribution in [2.75, 3.05) is 6.61 Å². The summed E-state index contributed by atoms with van der Waals surface area (Å²) in [6.07, 6.45) is 0.709. The van der Waals surface area contributed by atoms with Crippen molar-refractivity contribution in [3.05, 3.63) is 53.1 Å². The zero-order valence-electron chi connectivity index (χ0n) is 12.3. The highest BCUT2D eigenvalue weighted by Gasteiger charge is 2.11. The molecule has 2 N–H and O–H groups in total. The molecular weight excluding hydrogens is 286 g/mol. The molecular formula is C17H20ClNO2. The number of nitrogens with two attached hydrogens (primary N) is 1. The minimum atomic E-state index is 0.0422. The lowest BCUT2D eigenvalue weighted by atomic mass is 10.1. The third kappa shape index (κ3) is 4.38. The van der Waals surface area contributed by atoms with E-state index in [1.54, 1.807) is 0 Å². The van der Waals surface area contributed by atoms with Crippen molar-refractivity contribution in [1.82, 2.24) is 0 Å². The summed E-state index contributed by atoms with van der Waals surface area (Å²) in [6.45, 7) is 4.52.